The highest BCUT2D eigenvalue weighted by Gasteiger charge is 2.27. The van der Waals surface area contributed by atoms with Gasteiger partial charge in [0.1, 0.15) is 5.69 Å². The van der Waals surface area contributed by atoms with Crippen LogP contribution in [0.1, 0.15) is 46.8 Å². The van der Waals surface area contributed by atoms with Gasteiger partial charge in [-0.05, 0) is 36.3 Å². The van der Waals surface area contributed by atoms with Gasteiger partial charge in [-0.2, -0.15) is 0 Å². The van der Waals surface area contributed by atoms with Crippen molar-refractivity contribution in [2.24, 2.45) is 5.73 Å². The van der Waals surface area contributed by atoms with E-state index in [0.717, 1.165) is 44.0 Å². The van der Waals surface area contributed by atoms with Gasteiger partial charge in [-0.25, -0.2) is 4.98 Å². The molecule has 1 fully saturated rings. The minimum absolute atomic E-state index is 0.246. The van der Waals surface area contributed by atoms with Crippen LogP contribution in [0.3, 0.4) is 0 Å². The number of hydrogen-bond donors (Lipinski definition) is 1. The molecule has 0 saturated carbocycles. The third kappa shape index (κ3) is 3.83. The van der Waals surface area contributed by atoms with E-state index in [1.54, 1.807) is 5.38 Å². The monoisotopic (exact) mass is 384 g/mol. The van der Waals surface area contributed by atoms with Crippen molar-refractivity contribution in [3.05, 3.63) is 46.5 Å². The van der Waals surface area contributed by atoms with Gasteiger partial charge in [0.2, 0.25) is 5.91 Å². The summed E-state index contributed by atoms with van der Waals surface area (Å²) in [6.45, 7) is 3.04. The number of aromatic nitrogens is 1. The first-order chi connectivity index (χ1) is 13.1. The minimum atomic E-state index is -0.499. The zero-order chi connectivity index (χ0) is 18.8. The maximum absolute atomic E-state index is 12.9. The zero-order valence-electron chi connectivity index (χ0n) is 15.3. The molecule has 1 aromatic carbocycles. The number of nitrogens with two attached hydrogens (primary N) is 1. The Morgan fingerprint density at radius 3 is 2.85 bits per heavy atom. The molecule has 6 nitrogen and oxygen atoms in total. The number of rotatable bonds is 4. The van der Waals surface area contributed by atoms with E-state index in [1.165, 1.54) is 22.5 Å². The fourth-order valence-electron chi connectivity index (χ4n) is 4.08. The van der Waals surface area contributed by atoms with Crippen LogP contribution in [-0.4, -0.2) is 47.9 Å². The molecular weight excluding hydrogens is 360 g/mol. The molecule has 4 rings (SSSR count). The summed E-state index contributed by atoms with van der Waals surface area (Å²) in [5.41, 5.74) is 8.35. The molecule has 1 aromatic heterocycles. The van der Waals surface area contributed by atoms with Crippen LogP contribution in [0.4, 0.5) is 5.13 Å². The molecule has 1 aliphatic heterocycles. The Morgan fingerprint density at radius 1 is 1.19 bits per heavy atom. The fourth-order valence-corrected chi connectivity index (χ4v) is 4.95. The lowest BCUT2D eigenvalue weighted by molar-refractivity contribution is -0.131. The maximum atomic E-state index is 12.9. The first-order valence-electron chi connectivity index (χ1n) is 9.47. The molecule has 1 aliphatic carbocycles. The SMILES string of the molecule is NC(=O)c1csc(N2CCCN(C(=O)CC3CCc4ccccc43)CC2)n1. The lowest BCUT2D eigenvalue weighted by atomic mass is 9.97. The Kier molecular flexibility index (Phi) is 5.11. The largest absolute Gasteiger partial charge is 0.364 e. The molecule has 2 heterocycles. The van der Waals surface area contributed by atoms with E-state index in [2.05, 4.69) is 34.1 Å². The second kappa shape index (κ2) is 7.68. The highest BCUT2D eigenvalue weighted by Crippen LogP contribution is 2.35. The number of thiazole rings is 1. The predicted octanol–water partition coefficient (Wildman–Crippen LogP) is 2.40. The molecule has 1 unspecified atom stereocenters. The number of anilines is 1. The molecule has 27 heavy (non-hydrogen) atoms. The number of carbonyl (C=O) groups excluding carboxylic acids is 2. The van der Waals surface area contributed by atoms with Crippen LogP contribution in [0.15, 0.2) is 29.6 Å². The van der Waals surface area contributed by atoms with Crippen molar-refractivity contribution < 1.29 is 9.59 Å². The summed E-state index contributed by atoms with van der Waals surface area (Å²) in [7, 11) is 0. The number of primary amides is 1. The maximum Gasteiger partial charge on any atom is 0.268 e. The van der Waals surface area contributed by atoms with Crippen LogP contribution < -0.4 is 10.6 Å². The highest BCUT2D eigenvalue weighted by molar-refractivity contribution is 7.13. The molecule has 2 amide bonds. The Morgan fingerprint density at radius 2 is 2.04 bits per heavy atom. The van der Waals surface area contributed by atoms with Gasteiger partial charge in [-0.3, -0.25) is 9.59 Å². The summed E-state index contributed by atoms with van der Waals surface area (Å²) in [4.78, 5) is 32.6. The van der Waals surface area contributed by atoms with E-state index in [9.17, 15) is 9.59 Å². The molecule has 142 valence electrons. The summed E-state index contributed by atoms with van der Waals surface area (Å²) in [5.74, 6) is 0.0987. The summed E-state index contributed by atoms with van der Waals surface area (Å²) in [6, 6.07) is 8.50. The normalized spacial score (nSPS) is 19.6. The number of carbonyl (C=O) groups is 2. The van der Waals surface area contributed by atoms with Crippen molar-refractivity contribution in [2.45, 2.75) is 31.6 Å². The number of nitrogens with zero attached hydrogens (tertiary/aromatic N) is 3. The van der Waals surface area contributed by atoms with Crippen LogP contribution >= 0.6 is 11.3 Å². The van der Waals surface area contributed by atoms with Crippen LogP contribution in [0.25, 0.3) is 0 Å². The summed E-state index contributed by atoms with van der Waals surface area (Å²) < 4.78 is 0. The zero-order valence-corrected chi connectivity index (χ0v) is 16.1. The van der Waals surface area contributed by atoms with Crippen molar-refractivity contribution in [1.29, 1.82) is 0 Å². The Balaban J connectivity index is 1.36. The fraction of sp³-hybridized carbons (Fsp3) is 0.450. The summed E-state index contributed by atoms with van der Waals surface area (Å²) >= 11 is 1.43. The number of fused-ring (bicyclic) bond motifs is 1. The molecule has 1 atom stereocenters. The Hall–Kier alpha value is -2.41. The minimum Gasteiger partial charge on any atom is -0.364 e. The van der Waals surface area contributed by atoms with Gasteiger partial charge in [0.25, 0.3) is 5.91 Å². The Bertz CT molecular complexity index is 850. The smallest absolute Gasteiger partial charge is 0.268 e. The summed E-state index contributed by atoms with van der Waals surface area (Å²) in [6.07, 6.45) is 3.65. The van der Waals surface area contributed by atoms with E-state index in [0.29, 0.717) is 24.6 Å². The van der Waals surface area contributed by atoms with Crippen LogP contribution in [0, 0.1) is 0 Å². The molecule has 2 aromatic rings. The number of hydrogen-bond acceptors (Lipinski definition) is 5. The van der Waals surface area contributed by atoms with Crippen molar-refractivity contribution in [2.75, 3.05) is 31.1 Å². The standard InChI is InChI=1S/C20H24N4O2S/c21-19(26)17-13-27-20(22-17)24-9-3-8-23(10-11-24)18(25)12-15-7-6-14-4-1-2-5-16(14)15/h1-2,4-5,13,15H,3,6-12H2,(H2,21,26). The number of benzene rings is 1. The molecule has 2 aliphatic rings. The second-order valence-corrected chi connectivity index (χ2v) is 8.08. The van der Waals surface area contributed by atoms with E-state index >= 15 is 0 Å². The van der Waals surface area contributed by atoms with Gasteiger partial charge in [0.15, 0.2) is 5.13 Å². The van der Waals surface area contributed by atoms with Crippen LogP contribution in [0.2, 0.25) is 0 Å². The third-order valence-corrected chi connectivity index (χ3v) is 6.44. The van der Waals surface area contributed by atoms with Gasteiger partial charge in [-0.1, -0.05) is 24.3 Å². The van der Waals surface area contributed by atoms with Crippen LogP contribution in [-0.2, 0) is 11.2 Å². The molecule has 0 bridgehead atoms. The topological polar surface area (TPSA) is 79.5 Å². The van der Waals surface area contributed by atoms with Crippen molar-refractivity contribution >= 4 is 28.3 Å². The first kappa shape index (κ1) is 18.0. The number of amides is 2. The van der Waals surface area contributed by atoms with Gasteiger partial charge < -0.3 is 15.5 Å². The average molecular weight is 385 g/mol. The van der Waals surface area contributed by atoms with E-state index < -0.39 is 5.91 Å². The van der Waals surface area contributed by atoms with Gasteiger partial charge >= 0.3 is 0 Å². The van der Waals surface area contributed by atoms with Gasteiger partial charge in [0.05, 0.1) is 0 Å². The van der Waals surface area contributed by atoms with E-state index in [1.807, 2.05) is 4.90 Å². The highest BCUT2D eigenvalue weighted by atomic mass is 32.1. The average Bonchev–Trinajstić information content (AvgIpc) is 3.24. The molecule has 7 heteroatoms. The van der Waals surface area contributed by atoms with Crippen molar-refractivity contribution in [1.82, 2.24) is 9.88 Å². The summed E-state index contributed by atoms with van der Waals surface area (Å²) in [5, 5.41) is 2.51. The molecule has 0 spiro atoms. The molecule has 1 saturated heterocycles. The molecule has 0 radical (unpaired) electrons. The third-order valence-electron chi connectivity index (χ3n) is 5.54. The van der Waals surface area contributed by atoms with E-state index in [4.69, 9.17) is 5.73 Å². The molecule has 2 N–H and O–H groups in total. The van der Waals surface area contributed by atoms with E-state index in [-0.39, 0.29) is 5.91 Å². The number of aryl methyl sites for hydroxylation is 1. The van der Waals surface area contributed by atoms with Gasteiger partial charge in [0, 0.05) is 38.0 Å². The van der Waals surface area contributed by atoms with Crippen LogP contribution in [0.5, 0.6) is 0 Å². The Labute approximate surface area is 163 Å². The second-order valence-electron chi connectivity index (χ2n) is 7.24. The molecular formula is C20H24N4O2S. The lowest BCUT2D eigenvalue weighted by Gasteiger charge is -2.23. The lowest BCUT2D eigenvalue weighted by Crippen LogP contribution is -2.35. The quantitative estimate of drug-likeness (QED) is 0.878. The van der Waals surface area contributed by atoms with Crippen molar-refractivity contribution in [3.8, 4) is 0 Å². The van der Waals surface area contributed by atoms with Crippen molar-refractivity contribution in [3.63, 3.8) is 0 Å². The van der Waals surface area contributed by atoms with Gasteiger partial charge in [-0.15, -0.1) is 11.3 Å². The first-order valence-corrected chi connectivity index (χ1v) is 10.4. The predicted molar refractivity (Wildman–Crippen MR) is 106 cm³/mol.